The molecule has 1 aliphatic rings. The third-order valence-electron chi connectivity index (χ3n) is 6.32. The number of rotatable bonds is 6. The molecule has 0 spiro atoms. The molecule has 0 bridgehead atoms. The fourth-order valence-electron chi connectivity index (χ4n) is 4.05. The van der Waals surface area contributed by atoms with Gasteiger partial charge in [0, 0.05) is 18.4 Å². The van der Waals surface area contributed by atoms with Crippen molar-refractivity contribution in [3.8, 4) is 16.9 Å². The van der Waals surface area contributed by atoms with E-state index < -0.39 is 5.91 Å². The number of hydrogen-bond donors (Lipinski definition) is 2. The van der Waals surface area contributed by atoms with Crippen LogP contribution in [-0.2, 0) is 4.74 Å². The highest BCUT2D eigenvalue weighted by Crippen LogP contribution is 2.37. The fraction of sp³-hybridized carbons (Fsp3) is 0.280. The smallest absolute Gasteiger partial charge is 0.260 e. The summed E-state index contributed by atoms with van der Waals surface area (Å²) >= 11 is 7.43. The molecule has 10 heteroatoms. The topological polar surface area (TPSA) is 106 Å². The third kappa shape index (κ3) is 4.54. The van der Waals surface area contributed by atoms with Gasteiger partial charge in [-0.15, -0.1) is 0 Å². The molecule has 3 heterocycles. The van der Waals surface area contributed by atoms with Crippen LogP contribution in [0, 0.1) is 20.8 Å². The predicted molar refractivity (Wildman–Crippen MR) is 137 cm³/mol. The molecule has 1 fully saturated rings. The van der Waals surface area contributed by atoms with Crippen LogP contribution in [0.2, 0.25) is 5.02 Å². The summed E-state index contributed by atoms with van der Waals surface area (Å²) in [6.45, 7) is 7.07. The van der Waals surface area contributed by atoms with Crippen molar-refractivity contribution in [3.63, 3.8) is 0 Å². The van der Waals surface area contributed by atoms with Crippen LogP contribution in [0.1, 0.15) is 33.5 Å². The van der Waals surface area contributed by atoms with E-state index in [0.29, 0.717) is 41.2 Å². The molecule has 5 rings (SSSR count). The van der Waals surface area contributed by atoms with Crippen molar-refractivity contribution in [2.75, 3.05) is 18.5 Å². The van der Waals surface area contributed by atoms with Crippen molar-refractivity contribution in [2.24, 2.45) is 0 Å². The summed E-state index contributed by atoms with van der Waals surface area (Å²) in [5.74, 6) is 0.290. The van der Waals surface area contributed by atoms with E-state index >= 15 is 0 Å². The molecular formula is C25H23ClN4O4S. The summed E-state index contributed by atoms with van der Waals surface area (Å²) < 4.78 is 19.7. The maximum atomic E-state index is 13.3. The number of halogens is 1. The Bertz CT molecular complexity index is 1470. The fourth-order valence-corrected chi connectivity index (χ4v) is 4.67. The van der Waals surface area contributed by atoms with Crippen LogP contribution in [-0.4, -0.2) is 39.0 Å². The van der Waals surface area contributed by atoms with Gasteiger partial charge in [0.1, 0.15) is 12.4 Å². The SMILES string of the molecule is Cc1cc(-c2c(OCC3CCO3)c3cc(C(=O)Nc4cnsn4)c(Cl)cc3[nH]c2=O)cc(C)c1C. The number of nitrogens with one attached hydrogen (secondary N) is 2. The largest absolute Gasteiger partial charge is 0.489 e. The average Bonchev–Trinajstić information content (AvgIpc) is 3.28. The number of carbonyl (C=O) groups is 1. The van der Waals surface area contributed by atoms with Gasteiger partial charge >= 0.3 is 0 Å². The minimum atomic E-state index is -0.437. The van der Waals surface area contributed by atoms with Crippen molar-refractivity contribution in [1.82, 2.24) is 13.7 Å². The Morgan fingerprint density at radius 2 is 2.00 bits per heavy atom. The Morgan fingerprint density at radius 1 is 1.26 bits per heavy atom. The van der Waals surface area contributed by atoms with E-state index in [0.717, 1.165) is 34.8 Å². The van der Waals surface area contributed by atoms with Gasteiger partial charge in [-0.25, -0.2) is 0 Å². The Morgan fingerprint density at radius 3 is 2.63 bits per heavy atom. The maximum absolute atomic E-state index is 13.3. The summed E-state index contributed by atoms with van der Waals surface area (Å²) in [5, 5.41) is 3.45. The molecule has 1 amide bonds. The van der Waals surface area contributed by atoms with Crippen molar-refractivity contribution in [3.05, 3.63) is 68.1 Å². The van der Waals surface area contributed by atoms with Gasteiger partial charge in [-0.1, -0.05) is 23.7 Å². The number of anilines is 1. The molecule has 0 radical (unpaired) electrons. The molecule has 180 valence electrons. The zero-order chi connectivity index (χ0) is 24.7. The molecule has 1 aliphatic heterocycles. The first-order chi connectivity index (χ1) is 16.8. The standard InChI is InChI=1S/C25H23ClN4O4S/c1-12-6-15(7-13(2)14(12)3)22-23(34-11-16-4-5-33-16)18-8-17(19(26)9-20(18)28-25(22)32)24(31)29-21-10-27-35-30-21/h6-10,16H,4-5,11H2,1-3H3,(H,28,32)(H,29,30,31). The number of hydrogen-bond acceptors (Lipinski definition) is 7. The molecule has 1 saturated heterocycles. The Balaban J connectivity index is 1.69. The number of aromatic amines is 1. The molecule has 2 N–H and O–H groups in total. The van der Waals surface area contributed by atoms with Gasteiger partial charge in [-0.05, 0) is 55.2 Å². The van der Waals surface area contributed by atoms with Crippen molar-refractivity contribution >= 4 is 46.0 Å². The van der Waals surface area contributed by atoms with Crippen LogP contribution in [0.5, 0.6) is 5.75 Å². The number of fused-ring (bicyclic) bond motifs is 1. The Kier molecular flexibility index (Phi) is 6.31. The monoisotopic (exact) mass is 510 g/mol. The van der Waals surface area contributed by atoms with E-state index in [1.807, 2.05) is 26.0 Å². The molecule has 2 aromatic carbocycles. The van der Waals surface area contributed by atoms with Crippen LogP contribution in [0.25, 0.3) is 22.0 Å². The van der Waals surface area contributed by atoms with Gasteiger partial charge in [-0.3, -0.25) is 9.59 Å². The van der Waals surface area contributed by atoms with Gasteiger partial charge in [0.05, 0.1) is 45.7 Å². The summed E-state index contributed by atoms with van der Waals surface area (Å²) in [6, 6.07) is 7.15. The molecule has 8 nitrogen and oxygen atoms in total. The molecule has 0 aliphatic carbocycles. The number of pyridine rings is 1. The summed E-state index contributed by atoms with van der Waals surface area (Å²) in [5.41, 5.74) is 4.85. The van der Waals surface area contributed by atoms with E-state index in [9.17, 15) is 9.59 Å². The van der Waals surface area contributed by atoms with E-state index in [-0.39, 0.29) is 22.2 Å². The van der Waals surface area contributed by atoms with Crippen LogP contribution in [0.15, 0.2) is 35.3 Å². The van der Waals surface area contributed by atoms with Crippen LogP contribution in [0.3, 0.4) is 0 Å². The lowest BCUT2D eigenvalue weighted by atomic mass is 9.95. The molecule has 1 unspecified atom stereocenters. The first-order valence-corrected chi connectivity index (χ1v) is 12.2. The van der Waals surface area contributed by atoms with E-state index in [2.05, 4.69) is 26.0 Å². The quantitative estimate of drug-likeness (QED) is 0.376. The highest BCUT2D eigenvalue weighted by molar-refractivity contribution is 6.99. The third-order valence-corrected chi connectivity index (χ3v) is 7.12. The number of ether oxygens (including phenoxy) is 2. The second-order valence-corrected chi connectivity index (χ2v) is 9.57. The van der Waals surface area contributed by atoms with E-state index in [4.69, 9.17) is 21.1 Å². The molecule has 1 atom stereocenters. The van der Waals surface area contributed by atoms with Crippen molar-refractivity contribution < 1.29 is 14.3 Å². The second kappa shape index (κ2) is 9.41. The maximum Gasteiger partial charge on any atom is 0.260 e. The summed E-state index contributed by atoms with van der Waals surface area (Å²) in [7, 11) is 0. The molecule has 0 saturated carbocycles. The second-order valence-electron chi connectivity index (χ2n) is 8.61. The van der Waals surface area contributed by atoms with Crippen LogP contribution in [0.4, 0.5) is 5.82 Å². The van der Waals surface area contributed by atoms with Crippen LogP contribution < -0.4 is 15.6 Å². The number of aryl methyl sites for hydroxylation is 2. The Hall–Kier alpha value is -3.27. The predicted octanol–water partition coefficient (Wildman–Crippen LogP) is 5.05. The van der Waals surface area contributed by atoms with Gasteiger partial charge in [0.25, 0.3) is 11.5 Å². The summed E-state index contributed by atoms with van der Waals surface area (Å²) in [4.78, 5) is 29.2. The number of nitrogens with zero attached hydrogens (tertiary/aromatic N) is 2. The van der Waals surface area contributed by atoms with Gasteiger partial charge in [0.15, 0.2) is 5.82 Å². The molecule has 2 aromatic heterocycles. The zero-order valence-electron chi connectivity index (χ0n) is 19.4. The van der Waals surface area contributed by atoms with E-state index in [1.54, 1.807) is 12.1 Å². The summed E-state index contributed by atoms with van der Waals surface area (Å²) in [6.07, 6.45) is 2.31. The first kappa shape index (κ1) is 23.5. The van der Waals surface area contributed by atoms with Gasteiger partial charge in [0.2, 0.25) is 0 Å². The minimum absolute atomic E-state index is 0.0362. The van der Waals surface area contributed by atoms with Crippen LogP contribution >= 0.6 is 23.3 Å². The number of carbonyl (C=O) groups excluding carboxylic acids is 1. The average molecular weight is 511 g/mol. The van der Waals surface area contributed by atoms with E-state index in [1.165, 1.54) is 11.8 Å². The van der Waals surface area contributed by atoms with Crippen molar-refractivity contribution in [2.45, 2.75) is 33.3 Å². The van der Waals surface area contributed by atoms with Crippen molar-refractivity contribution in [1.29, 1.82) is 0 Å². The lowest BCUT2D eigenvalue weighted by Gasteiger charge is -2.27. The normalized spacial score (nSPS) is 15.1. The number of H-pyrrole nitrogens is 1. The number of amides is 1. The lowest BCUT2D eigenvalue weighted by Crippen LogP contribution is -2.33. The highest BCUT2D eigenvalue weighted by atomic mass is 35.5. The number of benzene rings is 2. The molecule has 35 heavy (non-hydrogen) atoms. The number of aromatic nitrogens is 3. The molecular weight excluding hydrogens is 488 g/mol. The van der Waals surface area contributed by atoms with Gasteiger partial charge in [-0.2, -0.15) is 8.75 Å². The van der Waals surface area contributed by atoms with Gasteiger partial charge < -0.3 is 19.8 Å². The Labute approximate surface area is 210 Å². The zero-order valence-corrected chi connectivity index (χ0v) is 21.0. The lowest BCUT2D eigenvalue weighted by molar-refractivity contribution is -0.0718. The first-order valence-electron chi connectivity index (χ1n) is 11.1. The minimum Gasteiger partial charge on any atom is -0.489 e. The molecule has 4 aromatic rings. The highest BCUT2D eigenvalue weighted by Gasteiger charge is 2.24.